The van der Waals surface area contributed by atoms with Gasteiger partial charge in [-0.15, -0.1) is 0 Å². The van der Waals surface area contributed by atoms with Crippen LogP contribution in [0.25, 0.3) is 0 Å². The minimum atomic E-state index is -0.0922. The van der Waals surface area contributed by atoms with Gasteiger partial charge in [-0.2, -0.15) is 0 Å². The van der Waals surface area contributed by atoms with Crippen molar-refractivity contribution in [3.05, 3.63) is 0 Å². The Morgan fingerprint density at radius 3 is 2.67 bits per heavy atom. The summed E-state index contributed by atoms with van der Waals surface area (Å²) < 4.78 is 0. The van der Waals surface area contributed by atoms with Crippen LogP contribution in [0.5, 0.6) is 0 Å². The number of amides is 2. The molecule has 84 valence electrons. The molecule has 2 amide bonds. The zero-order chi connectivity index (χ0) is 11.1. The molecule has 0 aromatic rings. The average Bonchev–Trinajstić information content (AvgIpc) is 2.75. The van der Waals surface area contributed by atoms with Gasteiger partial charge in [-0.3, -0.25) is 4.90 Å². The number of likely N-dealkylation sites (tertiary alicyclic amines) is 1. The van der Waals surface area contributed by atoms with Crippen LogP contribution < -0.4 is 5.32 Å². The Morgan fingerprint density at radius 1 is 1.40 bits per heavy atom. The van der Waals surface area contributed by atoms with E-state index in [4.69, 9.17) is 0 Å². The van der Waals surface area contributed by atoms with Gasteiger partial charge >= 0.3 is 6.03 Å². The monoisotopic (exact) mass is 209 g/mol. The summed E-state index contributed by atoms with van der Waals surface area (Å²) in [5, 5.41) is 2.56. The summed E-state index contributed by atoms with van der Waals surface area (Å²) in [5.41, 5.74) is 0. The van der Waals surface area contributed by atoms with Gasteiger partial charge in [0.05, 0.1) is 13.1 Å². The topological polar surface area (TPSA) is 35.6 Å². The second-order valence-electron chi connectivity index (χ2n) is 3.75. The zero-order valence-corrected chi connectivity index (χ0v) is 9.55. The molecule has 1 saturated heterocycles. The first kappa shape index (κ1) is 11.9. The van der Waals surface area contributed by atoms with Gasteiger partial charge in [0.2, 0.25) is 0 Å². The van der Waals surface area contributed by atoms with Crippen molar-refractivity contribution in [3.8, 4) is 11.8 Å². The van der Waals surface area contributed by atoms with Crippen LogP contribution in [0.3, 0.4) is 0 Å². The van der Waals surface area contributed by atoms with Crippen molar-refractivity contribution in [2.75, 3.05) is 40.3 Å². The summed E-state index contributed by atoms with van der Waals surface area (Å²) >= 11 is 0. The Kier molecular flexibility index (Phi) is 4.99. The molecule has 1 aliphatic heterocycles. The number of carbonyl (C=O) groups excluding carboxylic acids is 1. The summed E-state index contributed by atoms with van der Waals surface area (Å²) in [6, 6.07) is -0.0922. The van der Waals surface area contributed by atoms with E-state index < -0.39 is 0 Å². The molecule has 1 N–H and O–H groups in total. The first-order valence-corrected chi connectivity index (χ1v) is 5.35. The van der Waals surface area contributed by atoms with Crippen LogP contribution in [0.2, 0.25) is 0 Å². The molecule has 0 atom stereocenters. The van der Waals surface area contributed by atoms with Crippen LogP contribution in [0, 0.1) is 11.8 Å². The van der Waals surface area contributed by atoms with Crippen molar-refractivity contribution >= 4 is 6.03 Å². The lowest BCUT2D eigenvalue weighted by Crippen LogP contribution is -2.35. The molecule has 4 heteroatoms. The number of hydrogen-bond acceptors (Lipinski definition) is 2. The summed E-state index contributed by atoms with van der Waals surface area (Å²) in [7, 11) is 3.36. The number of hydrogen-bond donors (Lipinski definition) is 1. The van der Waals surface area contributed by atoms with Crippen LogP contribution in [0.15, 0.2) is 0 Å². The van der Waals surface area contributed by atoms with Crippen LogP contribution in [-0.2, 0) is 0 Å². The van der Waals surface area contributed by atoms with Gasteiger partial charge < -0.3 is 10.2 Å². The first-order valence-electron chi connectivity index (χ1n) is 5.35. The molecule has 0 radical (unpaired) electrons. The Bertz CT molecular complexity index is 261. The van der Waals surface area contributed by atoms with E-state index >= 15 is 0 Å². The molecular formula is C11H19N3O. The van der Waals surface area contributed by atoms with Gasteiger partial charge in [-0.25, -0.2) is 4.79 Å². The molecule has 1 fully saturated rings. The highest BCUT2D eigenvalue weighted by Gasteiger charge is 2.08. The van der Waals surface area contributed by atoms with Gasteiger partial charge in [0, 0.05) is 14.1 Å². The third-order valence-electron chi connectivity index (χ3n) is 2.50. The summed E-state index contributed by atoms with van der Waals surface area (Å²) in [6.45, 7) is 3.66. The van der Waals surface area contributed by atoms with E-state index in [0.29, 0.717) is 6.54 Å². The van der Waals surface area contributed by atoms with Crippen molar-refractivity contribution in [2.24, 2.45) is 0 Å². The van der Waals surface area contributed by atoms with Gasteiger partial charge in [-0.05, 0) is 25.9 Å². The third kappa shape index (κ3) is 4.22. The lowest BCUT2D eigenvalue weighted by atomic mass is 10.4. The molecule has 0 spiro atoms. The molecule has 0 aromatic carbocycles. The maximum absolute atomic E-state index is 11.1. The van der Waals surface area contributed by atoms with Gasteiger partial charge in [0.1, 0.15) is 0 Å². The molecule has 4 nitrogen and oxygen atoms in total. The number of urea groups is 1. The first-order chi connectivity index (χ1) is 7.24. The third-order valence-corrected chi connectivity index (χ3v) is 2.50. The predicted octanol–water partition coefficient (Wildman–Crippen LogP) is 0.357. The van der Waals surface area contributed by atoms with E-state index in [-0.39, 0.29) is 6.03 Å². The van der Waals surface area contributed by atoms with Crippen LogP contribution in [0.4, 0.5) is 4.79 Å². The SMILES string of the molecule is CNC(=O)N(C)CC#CCN1CCCC1. The fraction of sp³-hybridized carbons (Fsp3) is 0.727. The Labute approximate surface area is 91.6 Å². The highest BCUT2D eigenvalue weighted by atomic mass is 16.2. The summed E-state index contributed by atoms with van der Waals surface area (Å²) in [5.74, 6) is 6.09. The van der Waals surface area contributed by atoms with E-state index in [1.54, 1.807) is 19.0 Å². The molecule has 0 saturated carbocycles. The van der Waals surface area contributed by atoms with Crippen LogP contribution >= 0.6 is 0 Å². The molecule has 1 heterocycles. The molecule has 0 unspecified atom stereocenters. The van der Waals surface area contributed by atoms with Crippen molar-refractivity contribution in [1.29, 1.82) is 0 Å². The summed E-state index contributed by atoms with van der Waals surface area (Å²) in [4.78, 5) is 15.0. The summed E-state index contributed by atoms with van der Waals surface area (Å²) in [6.07, 6.45) is 2.58. The highest BCUT2D eigenvalue weighted by Crippen LogP contribution is 2.05. The van der Waals surface area contributed by atoms with Gasteiger partial charge in [-0.1, -0.05) is 11.8 Å². The maximum atomic E-state index is 11.1. The maximum Gasteiger partial charge on any atom is 0.317 e. The average molecular weight is 209 g/mol. The van der Waals surface area contributed by atoms with E-state index in [0.717, 1.165) is 6.54 Å². The van der Waals surface area contributed by atoms with Crippen molar-refractivity contribution < 1.29 is 4.79 Å². The number of nitrogens with zero attached hydrogens (tertiary/aromatic N) is 2. The highest BCUT2D eigenvalue weighted by molar-refractivity contribution is 5.73. The number of carbonyl (C=O) groups is 1. The minimum Gasteiger partial charge on any atom is -0.341 e. The van der Waals surface area contributed by atoms with E-state index in [9.17, 15) is 4.79 Å². The fourth-order valence-electron chi connectivity index (χ4n) is 1.55. The number of rotatable bonds is 2. The van der Waals surface area contributed by atoms with Crippen molar-refractivity contribution in [2.45, 2.75) is 12.8 Å². The second-order valence-corrected chi connectivity index (χ2v) is 3.75. The molecular weight excluding hydrogens is 190 g/mol. The minimum absolute atomic E-state index is 0.0922. The Hall–Kier alpha value is -1.21. The number of nitrogens with one attached hydrogen (secondary N) is 1. The Morgan fingerprint density at radius 2 is 2.07 bits per heavy atom. The lowest BCUT2D eigenvalue weighted by molar-refractivity contribution is 0.216. The normalized spacial score (nSPS) is 15.6. The van der Waals surface area contributed by atoms with Crippen molar-refractivity contribution in [1.82, 2.24) is 15.1 Å². The molecule has 0 aliphatic carbocycles. The Balaban J connectivity index is 2.17. The smallest absolute Gasteiger partial charge is 0.317 e. The molecule has 1 aliphatic rings. The fourth-order valence-corrected chi connectivity index (χ4v) is 1.55. The molecule has 1 rings (SSSR count). The quantitative estimate of drug-likeness (QED) is 0.666. The van der Waals surface area contributed by atoms with E-state index in [2.05, 4.69) is 22.1 Å². The van der Waals surface area contributed by atoms with Crippen molar-refractivity contribution in [3.63, 3.8) is 0 Å². The van der Waals surface area contributed by atoms with Gasteiger partial charge in [0.15, 0.2) is 0 Å². The second kappa shape index (κ2) is 6.31. The molecule has 0 aromatic heterocycles. The van der Waals surface area contributed by atoms with Crippen LogP contribution in [-0.4, -0.2) is 56.1 Å². The van der Waals surface area contributed by atoms with E-state index in [1.807, 2.05) is 0 Å². The molecule has 15 heavy (non-hydrogen) atoms. The largest absolute Gasteiger partial charge is 0.341 e. The standard InChI is InChI=1S/C11H19N3O/c1-12-11(15)13(2)7-3-4-8-14-9-5-6-10-14/h5-10H2,1-2H3,(H,12,15). The van der Waals surface area contributed by atoms with E-state index in [1.165, 1.54) is 25.9 Å². The molecule has 0 bridgehead atoms. The van der Waals surface area contributed by atoms with Gasteiger partial charge in [0.25, 0.3) is 0 Å². The van der Waals surface area contributed by atoms with Crippen LogP contribution in [0.1, 0.15) is 12.8 Å². The lowest BCUT2D eigenvalue weighted by Gasteiger charge is -2.12. The zero-order valence-electron chi connectivity index (χ0n) is 9.55. The predicted molar refractivity (Wildman–Crippen MR) is 60.5 cm³/mol.